The normalized spacial score (nSPS) is 13.2. The third kappa shape index (κ3) is 2.92. The summed E-state index contributed by atoms with van der Waals surface area (Å²) in [5.41, 5.74) is -2.38. The summed E-state index contributed by atoms with van der Waals surface area (Å²) in [6.45, 7) is 4.41. The lowest BCUT2D eigenvalue weighted by molar-refractivity contribution is -0.384. The smallest absolute Gasteiger partial charge is 0.295 e. The van der Waals surface area contributed by atoms with Crippen LogP contribution in [0.5, 0.6) is 0 Å². The first-order chi connectivity index (χ1) is 8.14. The number of benzene rings is 1. The van der Waals surface area contributed by atoms with Gasteiger partial charge >= 0.3 is 0 Å². The van der Waals surface area contributed by atoms with E-state index in [-0.39, 0.29) is 0 Å². The molecule has 0 amide bonds. The second-order valence-electron chi connectivity index (χ2n) is 4.53. The summed E-state index contributed by atoms with van der Waals surface area (Å²) in [5, 5.41) is 22.9. The van der Waals surface area contributed by atoms with Crippen LogP contribution in [0, 0.1) is 21.7 Å². The number of rotatable bonds is 4. The maximum atomic E-state index is 13.5. The minimum atomic E-state index is -1.33. The van der Waals surface area contributed by atoms with Gasteiger partial charge in [-0.3, -0.25) is 10.1 Å². The Labute approximate surface area is 103 Å². The predicted octanol–water partition coefficient (Wildman–Crippen LogP) is 2.44. The van der Waals surface area contributed by atoms with Crippen molar-refractivity contribution >= 4 is 11.4 Å². The Morgan fingerprint density at radius 3 is 2.44 bits per heavy atom. The van der Waals surface area contributed by atoms with Gasteiger partial charge in [0.1, 0.15) is 0 Å². The van der Waals surface area contributed by atoms with E-state index < -0.39 is 39.6 Å². The number of nitrogens with zero attached hydrogens (tertiary/aromatic N) is 1. The third-order valence-corrected chi connectivity index (χ3v) is 2.69. The van der Waals surface area contributed by atoms with Gasteiger partial charge in [-0.15, -0.1) is 0 Å². The molecule has 1 aromatic carbocycles. The van der Waals surface area contributed by atoms with Crippen LogP contribution < -0.4 is 5.32 Å². The Morgan fingerprint density at radius 1 is 1.44 bits per heavy atom. The first kappa shape index (κ1) is 14.3. The monoisotopic (exact) mass is 260 g/mol. The average Bonchev–Trinajstić information content (AvgIpc) is 2.23. The first-order valence-corrected chi connectivity index (χ1v) is 5.26. The Morgan fingerprint density at radius 2 is 2.00 bits per heavy atom. The van der Waals surface area contributed by atoms with E-state index >= 15 is 0 Å². The van der Waals surface area contributed by atoms with Crippen LogP contribution in [0.15, 0.2) is 12.1 Å². The maximum Gasteiger partial charge on any atom is 0.295 e. The number of nitro groups is 1. The number of hydrogen-bond acceptors (Lipinski definition) is 4. The van der Waals surface area contributed by atoms with Gasteiger partial charge < -0.3 is 10.4 Å². The average molecular weight is 260 g/mol. The quantitative estimate of drug-likeness (QED) is 0.644. The van der Waals surface area contributed by atoms with Gasteiger partial charge in [-0.2, -0.15) is 0 Å². The van der Waals surface area contributed by atoms with E-state index in [1.165, 1.54) is 20.8 Å². The molecule has 1 unspecified atom stereocenters. The van der Waals surface area contributed by atoms with Gasteiger partial charge in [0, 0.05) is 6.07 Å². The number of halogens is 2. The molecule has 100 valence electrons. The Hall–Kier alpha value is -1.76. The summed E-state index contributed by atoms with van der Waals surface area (Å²) >= 11 is 0. The van der Waals surface area contributed by atoms with Crippen LogP contribution in [0.4, 0.5) is 20.2 Å². The van der Waals surface area contributed by atoms with Gasteiger partial charge in [0.25, 0.3) is 5.69 Å². The zero-order chi connectivity index (χ0) is 14.1. The standard InChI is InChI=1S/C11H14F2N2O3/c1-6(11(2,3)16)14-10-8(15(17)18)5-4-7(12)9(10)13/h4-6,14,16H,1-3H3. The van der Waals surface area contributed by atoms with E-state index in [4.69, 9.17) is 0 Å². The number of nitro benzene ring substituents is 1. The molecule has 0 spiro atoms. The van der Waals surface area contributed by atoms with Crippen molar-refractivity contribution in [2.75, 3.05) is 5.32 Å². The van der Waals surface area contributed by atoms with Crippen molar-refractivity contribution in [1.82, 2.24) is 0 Å². The number of aliphatic hydroxyl groups is 1. The molecule has 0 radical (unpaired) electrons. The highest BCUT2D eigenvalue weighted by Gasteiger charge is 2.28. The predicted molar refractivity (Wildman–Crippen MR) is 62.4 cm³/mol. The molecule has 0 heterocycles. The van der Waals surface area contributed by atoms with E-state index in [1.807, 2.05) is 0 Å². The summed E-state index contributed by atoms with van der Waals surface area (Å²) < 4.78 is 26.6. The lowest BCUT2D eigenvalue weighted by Crippen LogP contribution is -2.39. The fourth-order valence-corrected chi connectivity index (χ4v) is 1.22. The van der Waals surface area contributed by atoms with Crippen molar-refractivity contribution in [3.8, 4) is 0 Å². The van der Waals surface area contributed by atoms with Crippen LogP contribution in [0.1, 0.15) is 20.8 Å². The number of anilines is 1. The summed E-state index contributed by atoms with van der Waals surface area (Å²) in [6, 6.07) is 0.859. The van der Waals surface area contributed by atoms with Gasteiger partial charge in [-0.1, -0.05) is 0 Å². The second kappa shape index (κ2) is 4.85. The molecule has 1 aromatic rings. The summed E-state index contributed by atoms with van der Waals surface area (Å²) in [5.74, 6) is -2.52. The van der Waals surface area contributed by atoms with Crippen molar-refractivity contribution in [1.29, 1.82) is 0 Å². The molecule has 0 fully saturated rings. The van der Waals surface area contributed by atoms with Crippen molar-refractivity contribution in [3.63, 3.8) is 0 Å². The topological polar surface area (TPSA) is 75.4 Å². The van der Waals surface area contributed by atoms with Crippen molar-refractivity contribution in [2.45, 2.75) is 32.4 Å². The van der Waals surface area contributed by atoms with Crippen LogP contribution in [-0.4, -0.2) is 21.7 Å². The molecule has 0 saturated heterocycles. The maximum absolute atomic E-state index is 13.5. The van der Waals surface area contributed by atoms with Crippen LogP contribution >= 0.6 is 0 Å². The summed E-state index contributed by atoms with van der Waals surface area (Å²) in [6.07, 6.45) is 0. The minimum Gasteiger partial charge on any atom is -0.388 e. The molecule has 1 rings (SSSR count). The molecule has 1 atom stereocenters. The molecule has 0 saturated carbocycles. The molecule has 0 bridgehead atoms. The minimum absolute atomic E-state index is 0.561. The Kier molecular flexibility index (Phi) is 3.85. The molecule has 5 nitrogen and oxygen atoms in total. The van der Waals surface area contributed by atoms with Crippen LogP contribution in [0.25, 0.3) is 0 Å². The molecule has 0 aliphatic carbocycles. The molecule has 0 aromatic heterocycles. The number of hydrogen-bond donors (Lipinski definition) is 2. The molecule has 18 heavy (non-hydrogen) atoms. The number of nitrogens with one attached hydrogen (secondary N) is 1. The zero-order valence-corrected chi connectivity index (χ0v) is 10.2. The molecule has 2 N–H and O–H groups in total. The van der Waals surface area contributed by atoms with Gasteiger partial charge in [0.15, 0.2) is 17.3 Å². The molecule has 0 aliphatic heterocycles. The van der Waals surface area contributed by atoms with Crippen LogP contribution in [-0.2, 0) is 0 Å². The van der Waals surface area contributed by atoms with Crippen molar-refractivity contribution in [2.24, 2.45) is 0 Å². The van der Waals surface area contributed by atoms with Gasteiger partial charge in [-0.25, -0.2) is 8.78 Å². The molecular formula is C11H14F2N2O3. The van der Waals surface area contributed by atoms with Crippen molar-refractivity contribution < 1.29 is 18.8 Å². The van der Waals surface area contributed by atoms with Crippen LogP contribution in [0.3, 0.4) is 0 Å². The zero-order valence-electron chi connectivity index (χ0n) is 10.2. The van der Waals surface area contributed by atoms with Crippen molar-refractivity contribution in [3.05, 3.63) is 33.9 Å². The molecule has 0 aliphatic rings. The lowest BCUT2D eigenvalue weighted by Gasteiger charge is -2.27. The fraction of sp³-hybridized carbons (Fsp3) is 0.455. The first-order valence-electron chi connectivity index (χ1n) is 5.26. The largest absolute Gasteiger partial charge is 0.388 e. The summed E-state index contributed by atoms with van der Waals surface area (Å²) in [4.78, 5) is 9.91. The van der Waals surface area contributed by atoms with E-state index in [9.17, 15) is 24.0 Å². The van der Waals surface area contributed by atoms with Gasteiger partial charge in [0.05, 0.1) is 16.6 Å². The highest BCUT2D eigenvalue weighted by molar-refractivity contribution is 5.63. The highest BCUT2D eigenvalue weighted by Crippen LogP contribution is 2.30. The van der Waals surface area contributed by atoms with Gasteiger partial charge in [-0.05, 0) is 26.8 Å². The SMILES string of the molecule is CC(Nc1c([N+](=O)[O-])ccc(F)c1F)C(C)(C)O. The Balaban J connectivity index is 3.22. The second-order valence-corrected chi connectivity index (χ2v) is 4.53. The Bertz CT molecular complexity index is 472. The molecule has 7 heteroatoms. The molecular weight excluding hydrogens is 246 g/mol. The van der Waals surface area contributed by atoms with E-state index in [0.717, 1.165) is 6.07 Å². The van der Waals surface area contributed by atoms with E-state index in [0.29, 0.717) is 6.07 Å². The third-order valence-electron chi connectivity index (χ3n) is 2.69. The fourth-order valence-electron chi connectivity index (χ4n) is 1.22. The van der Waals surface area contributed by atoms with E-state index in [1.54, 1.807) is 0 Å². The van der Waals surface area contributed by atoms with E-state index in [2.05, 4.69) is 5.32 Å². The van der Waals surface area contributed by atoms with Gasteiger partial charge in [0.2, 0.25) is 0 Å². The van der Waals surface area contributed by atoms with Crippen LogP contribution in [0.2, 0.25) is 0 Å². The lowest BCUT2D eigenvalue weighted by atomic mass is 10.0. The summed E-state index contributed by atoms with van der Waals surface area (Å²) in [7, 11) is 0. The highest BCUT2D eigenvalue weighted by atomic mass is 19.2.